The Bertz CT molecular complexity index is 936. The maximum absolute atomic E-state index is 13.3. The highest BCUT2D eigenvalue weighted by Crippen LogP contribution is 2.41. The molecule has 1 N–H and O–H groups in total. The van der Waals surface area contributed by atoms with Gasteiger partial charge in [-0.15, -0.1) is 0 Å². The maximum atomic E-state index is 13.3. The molecule has 0 fully saturated rings. The van der Waals surface area contributed by atoms with Crippen molar-refractivity contribution >= 4 is 21.7 Å². The summed E-state index contributed by atoms with van der Waals surface area (Å²) in [5.74, 6) is -1.63. The molecule has 0 saturated heterocycles. The van der Waals surface area contributed by atoms with E-state index in [-0.39, 0.29) is 11.3 Å². The Labute approximate surface area is 148 Å². The molecule has 2 aromatic carbocycles. The van der Waals surface area contributed by atoms with Gasteiger partial charge in [0.1, 0.15) is 0 Å². The van der Waals surface area contributed by atoms with Crippen LogP contribution in [0.1, 0.15) is 36.0 Å². The number of hydrogen-bond donors (Lipinski definition) is 1. The number of para-hydroxylation sites is 1. The molecule has 0 aliphatic carbocycles. The lowest BCUT2D eigenvalue weighted by atomic mass is 9.87. The van der Waals surface area contributed by atoms with Gasteiger partial charge in [0.05, 0.1) is 16.5 Å². The van der Waals surface area contributed by atoms with Crippen LogP contribution in [0.2, 0.25) is 0 Å². The molecule has 2 atom stereocenters. The van der Waals surface area contributed by atoms with Crippen molar-refractivity contribution in [1.82, 2.24) is 0 Å². The summed E-state index contributed by atoms with van der Waals surface area (Å²) in [6.07, 6.45) is 0.246. The first-order valence-electron chi connectivity index (χ1n) is 8.17. The van der Waals surface area contributed by atoms with Gasteiger partial charge in [-0.05, 0) is 62.1 Å². The number of benzene rings is 2. The first-order valence-corrected chi connectivity index (χ1v) is 9.61. The molecule has 0 spiro atoms. The Morgan fingerprint density at radius 1 is 1.12 bits per heavy atom. The predicted molar refractivity (Wildman–Crippen MR) is 96.5 cm³/mol. The fourth-order valence-electron chi connectivity index (χ4n) is 3.37. The van der Waals surface area contributed by atoms with Crippen molar-refractivity contribution in [2.24, 2.45) is 0 Å². The zero-order valence-corrected chi connectivity index (χ0v) is 15.2. The van der Waals surface area contributed by atoms with Gasteiger partial charge >= 0.3 is 5.97 Å². The summed E-state index contributed by atoms with van der Waals surface area (Å²) in [5, 5.41) is 9.51. The van der Waals surface area contributed by atoms with E-state index in [9.17, 15) is 18.3 Å². The van der Waals surface area contributed by atoms with E-state index in [0.29, 0.717) is 11.3 Å². The number of carboxylic acid groups (broad SMARTS) is 1. The number of aryl methyl sites for hydroxylation is 2. The molecule has 0 bridgehead atoms. The molecular weight excluding hydrogens is 338 g/mol. The lowest BCUT2D eigenvalue weighted by Crippen LogP contribution is -2.44. The second kappa shape index (κ2) is 6.19. The molecule has 25 heavy (non-hydrogen) atoms. The van der Waals surface area contributed by atoms with E-state index in [4.69, 9.17) is 0 Å². The van der Waals surface area contributed by atoms with Gasteiger partial charge in [0.2, 0.25) is 0 Å². The Morgan fingerprint density at radius 3 is 2.44 bits per heavy atom. The number of carboxylic acids is 1. The van der Waals surface area contributed by atoms with E-state index in [0.717, 1.165) is 11.1 Å². The molecule has 5 nitrogen and oxygen atoms in total. The molecular formula is C19H21NO4S. The van der Waals surface area contributed by atoms with Gasteiger partial charge in [0.15, 0.2) is 0 Å². The molecule has 0 radical (unpaired) electrons. The highest BCUT2D eigenvalue weighted by molar-refractivity contribution is 7.92. The fourth-order valence-corrected chi connectivity index (χ4v) is 5.15. The van der Waals surface area contributed by atoms with Crippen LogP contribution in [0.4, 0.5) is 5.69 Å². The van der Waals surface area contributed by atoms with E-state index in [1.807, 2.05) is 13.8 Å². The Hall–Kier alpha value is -2.34. The van der Waals surface area contributed by atoms with Crippen molar-refractivity contribution in [3.63, 3.8) is 0 Å². The molecule has 1 heterocycles. The molecule has 0 aromatic heterocycles. The van der Waals surface area contributed by atoms with Crippen molar-refractivity contribution in [3.05, 3.63) is 59.2 Å². The summed E-state index contributed by atoms with van der Waals surface area (Å²) in [6, 6.07) is 11.5. The van der Waals surface area contributed by atoms with Gasteiger partial charge in [-0.1, -0.05) is 24.3 Å². The minimum Gasteiger partial charge on any atom is -0.481 e. The van der Waals surface area contributed by atoms with E-state index in [2.05, 4.69) is 0 Å². The number of fused-ring (bicyclic) bond motifs is 1. The zero-order valence-electron chi connectivity index (χ0n) is 14.4. The lowest BCUT2D eigenvalue weighted by Gasteiger charge is -2.38. The zero-order chi connectivity index (χ0) is 18.4. The van der Waals surface area contributed by atoms with Gasteiger partial charge in [-0.3, -0.25) is 9.10 Å². The molecule has 132 valence electrons. The number of aliphatic carboxylic acids is 1. The van der Waals surface area contributed by atoms with E-state index in [1.165, 1.54) is 4.31 Å². The standard InChI is InChI=1S/C19H21NO4S/c1-12-8-9-15(10-13(12)2)25(23,24)20-14(3)11-17(19(21)22)16-6-4-5-7-18(16)20/h4-10,14,17H,11H2,1-3H3,(H,21,22). The molecule has 1 aliphatic rings. The van der Waals surface area contributed by atoms with Crippen LogP contribution >= 0.6 is 0 Å². The Morgan fingerprint density at radius 2 is 1.80 bits per heavy atom. The molecule has 1 aliphatic heterocycles. The minimum atomic E-state index is -3.77. The molecule has 6 heteroatoms. The highest BCUT2D eigenvalue weighted by atomic mass is 32.2. The third-order valence-corrected chi connectivity index (χ3v) is 6.78. The first kappa shape index (κ1) is 17.5. The van der Waals surface area contributed by atoms with Gasteiger partial charge in [-0.25, -0.2) is 8.42 Å². The second-order valence-corrected chi connectivity index (χ2v) is 8.40. The van der Waals surface area contributed by atoms with Crippen molar-refractivity contribution in [2.75, 3.05) is 4.31 Å². The van der Waals surface area contributed by atoms with Gasteiger partial charge in [0, 0.05) is 6.04 Å². The Kier molecular flexibility index (Phi) is 4.33. The van der Waals surface area contributed by atoms with Crippen LogP contribution in [-0.4, -0.2) is 25.5 Å². The van der Waals surface area contributed by atoms with Crippen LogP contribution in [0, 0.1) is 13.8 Å². The lowest BCUT2D eigenvalue weighted by molar-refractivity contribution is -0.139. The largest absolute Gasteiger partial charge is 0.481 e. The topological polar surface area (TPSA) is 74.7 Å². The third kappa shape index (κ3) is 2.91. The fraction of sp³-hybridized carbons (Fsp3) is 0.316. The number of hydrogen-bond acceptors (Lipinski definition) is 3. The monoisotopic (exact) mass is 359 g/mol. The number of nitrogens with zero attached hydrogens (tertiary/aromatic N) is 1. The number of carbonyl (C=O) groups is 1. The highest BCUT2D eigenvalue weighted by Gasteiger charge is 2.40. The minimum absolute atomic E-state index is 0.228. The van der Waals surface area contributed by atoms with Gasteiger partial charge < -0.3 is 5.11 Å². The number of anilines is 1. The summed E-state index contributed by atoms with van der Waals surface area (Å²) in [5.41, 5.74) is 2.92. The number of sulfonamides is 1. The summed E-state index contributed by atoms with van der Waals surface area (Å²) < 4.78 is 27.9. The van der Waals surface area contributed by atoms with E-state index in [1.54, 1.807) is 49.4 Å². The second-order valence-electron chi connectivity index (χ2n) is 6.58. The molecule has 2 aromatic rings. The van der Waals surface area contributed by atoms with Crippen LogP contribution in [0.3, 0.4) is 0 Å². The summed E-state index contributed by atoms with van der Waals surface area (Å²) >= 11 is 0. The molecule has 0 saturated carbocycles. The molecule has 0 amide bonds. The predicted octanol–water partition coefficient (Wildman–Crippen LogP) is 3.46. The third-order valence-electron chi connectivity index (χ3n) is 4.86. The normalized spacial score (nSPS) is 20.2. The van der Waals surface area contributed by atoms with Gasteiger partial charge in [-0.2, -0.15) is 0 Å². The van der Waals surface area contributed by atoms with Crippen molar-refractivity contribution < 1.29 is 18.3 Å². The average molecular weight is 359 g/mol. The Balaban J connectivity index is 2.16. The van der Waals surface area contributed by atoms with E-state index >= 15 is 0 Å². The van der Waals surface area contributed by atoms with E-state index < -0.39 is 28.0 Å². The summed E-state index contributed by atoms with van der Waals surface area (Å²) in [7, 11) is -3.77. The summed E-state index contributed by atoms with van der Waals surface area (Å²) in [4.78, 5) is 11.8. The summed E-state index contributed by atoms with van der Waals surface area (Å²) in [6.45, 7) is 5.56. The maximum Gasteiger partial charge on any atom is 0.311 e. The van der Waals surface area contributed by atoms with Crippen LogP contribution in [0.25, 0.3) is 0 Å². The number of rotatable bonds is 3. The smallest absolute Gasteiger partial charge is 0.311 e. The van der Waals surface area contributed by atoms with Gasteiger partial charge in [0.25, 0.3) is 10.0 Å². The average Bonchev–Trinajstić information content (AvgIpc) is 2.56. The van der Waals surface area contributed by atoms with Crippen LogP contribution in [0.15, 0.2) is 47.4 Å². The van der Waals surface area contributed by atoms with Crippen molar-refractivity contribution in [1.29, 1.82) is 0 Å². The van der Waals surface area contributed by atoms with Crippen LogP contribution < -0.4 is 4.31 Å². The first-order chi connectivity index (χ1) is 11.7. The molecule has 2 unspecified atom stereocenters. The quantitative estimate of drug-likeness (QED) is 0.911. The SMILES string of the molecule is Cc1ccc(S(=O)(=O)N2c3ccccc3C(C(=O)O)CC2C)cc1C. The van der Waals surface area contributed by atoms with Crippen LogP contribution in [-0.2, 0) is 14.8 Å². The van der Waals surface area contributed by atoms with Crippen molar-refractivity contribution in [3.8, 4) is 0 Å². The molecule has 3 rings (SSSR count). The van der Waals surface area contributed by atoms with Crippen molar-refractivity contribution in [2.45, 2.75) is 44.0 Å². The van der Waals surface area contributed by atoms with Crippen LogP contribution in [0.5, 0.6) is 0 Å².